The van der Waals surface area contributed by atoms with Gasteiger partial charge in [0.05, 0.1) is 11.0 Å². The highest BCUT2D eigenvalue weighted by Crippen LogP contribution is 2.38. The van der Waals surface area contributed by atoms with E-state index in [2.05, 4.69) is 5.32 Å². The highest BCUT2D eigenvalue weighted by atomic mass is 19.4. The highest BCUT2D eigenvalue weighted by Gasteiger charge is 2.42. The van der Waals surface area contributed by atoms with Crippen molar-refractivity contribution in [3.8, 4) is 0 Å². The van der Waals surface area contributed by atoms with Crippen molar-refractivity contribution < 1.29 is 27.6 Å². The van der Waals surface area contributed by atoms with Crippen LogP contribution in [-0.2, 0) is 21.2 Å². The monoisotopic (exact) mass is 474 g/mol. The van der Waals surface area contributed by atoms with Crippen LogP contribution in [0.15, 0.2) is 54.6 Å². The SMILES string of the molecule is CCCC(=O)C1(c2ccccc2)CCN(C(=O)CCNC(=O)c2ccc(C(F)(F)F)cc2)CC1. The third-order valence-electron chi connectivity index (χ3n) is 6.41. The molecule has 1 N–H and O–H groups in total. The van der Waals surface area contributed by atoms with Crippen molar-refractivity contribution >= 4 is 17.6 Å². The van der Waals surface area contributed by atoms with E-state index in [4.69, 9.17) is 0 Å². The van der Waals surface area contributed by atoms with Gasteiger partial charge in [0, 0.05) is 38.0 Å². The Labute approximate surface area is 197 Å². The molecular formula is C26H29F3N2O3. The van der Waals surface area contributed by atoms with Gasteiger partial charge < -0.3 is 10.2 Å². The molecule has 2 aromatic rings. The van der Waals surface area contributed by atoms with Crippen molar-refractivity contribution in [1.29, 1.82) is 0 Å². The van der Waals surface area contributed by atoms with Gasteiger partial charge in [-0.15, -0.1) is 0 Å². The number of piperidine rings is 1. The van der Waals surface area contributed by atoms with Crippen LogP contribution in [0.3, 0.4) is 0 Å². The van der Waals surface area contributed by atoms with Crippen molar-refractivity contribution in [2.24, 2.45) is 0 Å². The van der Waals surface area contributed by atoms with Crippen molar-refractivity contribution in [3.63, 3.8) is 0 Å². The summed E-state index contributed by atoms with van der Waals surface area (Å²) in [6, 6.07) is 13.6. The van der Waals surface area contributed by atoms with Crippen molar-refractivity contribution in [2.75, 3.05) is 19.6 Å². The number of benzene rings is 2. The lowest BCUT2D eigenvalue weighted by Gasteiger charge is -2.41. The Bertz CT molecular complexity index is 996. The van der Waals surface area contributed by atoms with E-state index in [1.807, 2.05) is 37.3 Å². The minimum absolute atomic E-state index is 0.0770. The number of halogens is 3. The summed E-state index contributed by atoms with van der Waals surface area (Å²) in [6.45, 7) is 2.97. The van der Waals surface area contributed by atoms with Gasteiger partial charge in [0.1, 0.15) is 5.78 Å². The third kappa shape index (κ3) is 5.85. The second kappa shape index (κ2) is 10.8. The van der Waals surface area contributed by atoms with Crippen LogP contribution in [0.1, 0.15) is 60.5 Å². The number of amides is 2. The van der Waals surface area contributed by atoms with Crippen LogP contribution in [0.25, 0.3) is 0 Å². The minimum atomic E-state index is -4.46. The zero-order chi connectivity index (χ0) is 24.8. The molecule has 0 aliphatic carbocycles. The number of nitrogens with zero attached hydrogens (tertiary/aromatic N) is 1. The van der Waals surface area contributed by atoms with Crippen molar-refractivity contribution in [3.05, 3.63) is 71.3 Å². The number of Topliss-reactive ketones (excluding diaryl/α,β-unsaturated/α-hetero) is 1. The lowest BCUT2D eigenvalue weighted by Crippen LogP contribution is -2.49. The molecule has 1 aliphatic heterocycles. The van der Waals surface area contributed by atoms with E-state index in [1.54, 1.807) is 4.90 Å². The molecule has 2 aromatic carbocycles. The first kappa shape index (κ1) is 25.5. The van der Waals surface area contributed by atoms with Gasteiger partial charge in [-0.05, 0) is 49.1 Å². The standard InChI is InChI=1S/C26H29F3N2O3/c1-2-6-22(32)25(20-7-4-3-5-8-20)14-17-31(18-15-25)23(33)13-16-30-24(34)19-9-11-21(12-10-19)26(27,28)29/h3-5,7-12H,2,6,13-18H2,1H3,(H,30,34). The van der Waals surface area contributed by atoms with Gasteiger partial charge >= 0.3 is 6.18 Å². The maximum absolute atomic E-state index is 13.0. The fraction of sp³-hybridized carbons (Fsp3) is 0.423. The summed E-state index contributed by atoms with van der Waals surface area (Å²) in [4.78, 5) is 39.6. The van der Waals surface area contributed by atoms with Gasteiger partial charge in [0.15, 0.2) is 0 Å². The van der Waals surface area contributed by atoms with E-state index in [9.17, 15) is 27.6 Å². The molecule has 182 valence electrons. The molecule has 5 nitrogen and oxygen atoms in total. The van der Waals surface area contributed by atoms with Crippen LogP contribution >= 0.6 is 0 Å². The summed E-state index contributed by atoms with van der Waals surface area (Å²) >= 11 is 0. The summed E-state index contributed by atoms with van der Waals surface area (Å²) in [6.07, 6.45) is -2.00. The molecule has 0 atom stereocenters. The average molecular weight is 475 g/mol. The van der Waals surface area contributed by atoms with Crippen LogP contribution in [0.5, 0.6) is 0 Å². The number of alkyl halides is 3. The summed E-state index contributed by atoms with van der Waals surface area (Å²) in [5.74, 6) is -0.456. The van der Waals surface area contributed by atoms with Crippen LogP contribution in [0.4, 0.5) is 13.2 Å². The van der Waals surface area contributed by atoms with Crippen LogP contribution in [0.2, 0.25) is 0 Å². The Balaban J connectivity index is 1.53. The Hall–Kier alpha value is -3.16. The largest absolute Gasteiger partial charge is 0.416 e. The molecule has 0 spiro atoms. The van der Waals surface area contributed by atoms with Crippen LogP contribution in [-0.4, -0.2) is 42.1 Å². The first-order valence-corrected chi connectivity index (χ1v) is 11.5. The maximum atomic E-state index is 13.0. The Morgan fingerprint density at radius 1 is 0.941 bits per heavy atom. The molecule has 0 radical (unpaired) electrons. The molecule has 8 heteroatoms. The van der Waals surface area contributed by atoms with Crippen molar-refractivity contribution in [2.45, 2.75) is 50.6 Å². The lowest BCUT2D eigenvalue weighted by molar-refractivity contribution is -0.137. The van der Waals surface area contributed by atoms with Crippen molar-refractivity contribution in [1.82, 2.24) is 10.2 Å². The second-order valence-corrected chi connectivity index (χ2v) is 8.58. The number of nitrogens with one attached hydrogen (secondary N) is 1. The molecule has 0 unspecified atom stereocenters. The predicted molar refractivity (Wildman–Crippen MR) is 122 cm³/mol. The molecule has 1 saturated heterocycles. The third-order valence-corrected chi connectivity index (χ3v) is 6.41. The van der Waals surface area contributed by atoms with E-state index < -0.39 is 23.1 Å². The highest BCUT2D eigenvalue weighted by molar-refractivity contribution is 5.94. The number of carbonyl (C=O) groups excluding carboxylic acids is 3. The smallest absolute Gasteiger partial charge is 0.352 e. The van der Waals surface area contributed by atoms with E-state index >= 15 is 0 Å². The fourth-order valence-corrected chi connectivity index (χ4v) is 4.44. The van der Waals surface area contributed by atoms with E-state index in [0.29, 0.717) is 32.4 Å². The molecule has 34 heavy (non-hydrogen) atoms. The molecular weight excluding hydrogens is 445 g/mol. The number of likely N-dealkylation sites (tertiary alicyclic amines) is 1. The topological polar surface area (TPSA) is 66.5 Å². The average Bonchev–Trinajstić information content (AvgIpc) is 2.84. The van der Waals surface area contributed by atoms with Gasteiger partial charge in [-0.3, -0.25) is 14.4 Å². The zero-order valence-electron chi connectivity index (χ0n) is 19.2. The van der Waals surface area contributed by atoms with Gasteiger partial charge in [-0.2, -0.15) is 13.2 Å². The molecule has 1 fully saturated rings. The Morgan fingerprint density at radius 3 is 2.12 bits per heavy atom. The molecule has 2 amide bonds. The molecule has 3 rings (SSSR count). The normalized spacial score (nSPS) is 15.6. The van der Waals surface area contributed by atoms with Gasteiger partial charge in [0.25, 0.3) is 5.91 Å². The molecule has 0 bridgehead atoms. The van der Waals surface area contributed by atoms with Crippen LogP contribution < -0.4 is 5.32 Å². The molecule has 1 aliphatic rings. The van der Waals surface area contributed by atoms with Gasteiger partial charge in [-0.1, -0.05) is 37.3 Å². The molecule has 0 aromatic heterocycles. The summed E-state index contributed by atoms with van der Waals surface area (Å²) < 4.78 is 38.0. The summed E-state index contributed by atoms with van der Waals surface area (Å²) in [5.41, 5.74) is -0.316. The predicted octanol–water partition coefficient (Wildman–Crippen LogP) is 4.75. The second-order valence-electron chi connectivity index (χ2n) is 8.58. The number of carbonyl (C=O) groups is 3. The molecule has 1 heterocycles. The number of hydrogen-bond acceptors (Lipinski definition) is 3. The summed E-state index contributed by atoms with van der Waals surface area (Å²) in [5, 5.41) is 2.58. The molecule has 0 saturated carbocycles. The first-order valence-electron chi connectivity index (χ1n) is 11.5. The fourth-order valence-electron chi connectivity index (χ4n) is 4.44. The van der Waals surface area contributed by atoms with E-state index in [1.165, 1.54) is 0 Å². The zero-order valence-corrected chi connectivity index (χ0v) is 19.2. The quantitative estimate of drug-likeness (QED) is 0.600. The number of ketones is 1. The first-order chi connectivity index (χ1) is 16.2. The van der Waals surface area contributed by atoms with E-state index in [-0.39, 0.29) is 30.2 Å². The Kier molecular flexibility index (Phi) is 8.12. The van der Waals surface area contributed by atoms with E-state index in [0.717, 1.165) is 36.2 Å². The maximum Gasteiger partial charge on any atom is 0.416 e. The lowest BCUT2D eigenvalue weighted by atomic mass is 9.68. The summed E-state index contributed by atoms with van der Waals surface area (Å²) in [7, 11) is 0. The van der Waals surface area contributed by atoms with Crippen LogP contribution in [0, 0.1) is 0 Å². The number of hydrogen-bond donors (Lipinski definition) is 1. The van der Waals surface area contributed by atoms with Gasteiger partial charge in [-0.25, -0.2) is 0 Å². The Morgan fingerprint density at radius 2 is 1.56 bits per heavy atom. The van der Waals surface area contributed by atoms with Gasteiger partial charge in [0.2, 0.25) is 5.91 Å². The minimum Gasteiger partial charge on any atom is -0.352 e. The number of rotatable bonds is 8.